The molecule has 126 valence electrons. The maximum absolute atomic E-state index is 12.7. The highest BCUT2D eigenvalue weighted by Crippen LogP contribution is 2.43. The molecular formula is C16H16N2O5S. The van der Waals surface area contributed by atoms with E-state index in [1.165, 1.54) is 14.1 Å². The molecule has 1 spiro atoms. The van der Waals surface area contributed by atoms with Crippen LogP contribution in [0.1, 0.15) is 22.3 Å². The van der Waals surface area contributed by atoms with Crippen molar-refractivity contribution in [3.8, 4) is 0 Å². The van der Waals surface area contributed by atoms with E-state index in [1.54, 1.807) is 0 Å². The summed E-state index contributed by atoms with van der Waals surface area (Å²) in [6, 6.07) is 3.26. The topological polar surface area (TPSA) is 84.0 Å². The van der Waals surface area contributed by atoms with Gasteiger partial charge in [0, 0.05) is 14.1 Å². The molecular weight excluding hydrogens is 332 g/mol. The van der Waals surface area contributed by atoms with Crippen LogP contribution >= 0.6 is 0 Å². The molecule has 0 aromatic heterocycles. The highest BCUT2D eigenvalue weighted by atomic mass is 32.2. The highest BCUT2D eigenvalue weighted by Gasteiger charge is 2.58. The van der Waals surface area contributed by atoms with Gasteiger partial charge in [0.1, 0.15) is 5.41 Å². The molecule has 1 aromatic rings. The summed E-state index contributed by atoms with van der Waals surface area (Å²) in [5, 5.41) is 0. The fraction of sp³-hybridized carbons (Fsp3) is 0.438. The summed E-state index contributed by atoms with van der Waals surface area (Å²) in [6.45, 7) is 0.266. The molecule has 1 fully saturated rings. The molecule has 8 heteroatoms. The van der Waals surface area contributed by atoms with Gasteiger partial charge in [0.2, 0.25) is 11.8 Å². The summed E-state index contributed by atoms with van der Waals surface area (Å²) in [4.78, 5) is 39.5. The molecule has 1 aromatic carbocycles. The minimum absolute atomic E-state index is 0.266. The summed E-state index contributed by atoms with van der Waals surface area (Å²) in [6.07, 6.45) is 0.543. The number of urea groups is 1. The summed E-state index contributed by atoms with van der Waals surface area (Å²) in [5.41, 5.74) is 2.46. The number of hydrogen-bond donors (Lipinski definition) is 0. The largest absolute Gasteiger partial charge is 0.332 e. The summed E-state index contributed by atoms with van der Waals surface area (Å²) in [5.74, 6) is -0.593. The number of fused-ring (bicyclic) bond motifs is 2. The predicted molar refractivity (Wildman–Crippen MR) is 83.9 cm³/mol. The molecule has 0 saturated carbocycles. The maximum atomic E-state index is 12.7. The van der Waals surface area contributed by atoms with Crippen molar-refractivity contribution in [1.82, 2.24) is 9.80 Å². The van der Waals surface area contributed by atoms with Crippen LogP contribution in [0, 0.1) is 5.41 Å². The van der Waals surface area contributed by atoms with Crippen LogP contribution in [-0.2, 0) is 50.1 Å². The molecule has 3 aliphatic rings. The van der Waals surface area contributed by atoms with Crippen molar-refractivity contribution in [2.75, 3.05) is 14.1 Å². The molecule has 4 amide bonds. The summed E-state index contributed by atoms with van der Waals surface area (Å²) in [7, 11) is 2.81. The minimum Gasteiger partial charge on any atom is -0.285 e. The van der Waals surface area contributed by atoms with Gasteiger partial charge in [0.05, 0.1) is 12.4 Å². The van der Waals surface area contributed by atoms with Crippen LogP contribution in [0.4, 0.5) is 4.79 Å². The Morgan fingerprint density at radius 1 is 0.958 bits per heavy atom. The van der Waals surface area contributed by atoms with Gasteiger partial charge in [-0.15, -0.1) is 0 Å². The third kappa shape index (κ3) is 1.93. The standard InChI is InChI=1S/C16H16N2O5S/c1-17-13(19)16(14(20)18(2)15(17)21)5-9-3-11-7-23-24(22)8-12(11)4-10(9)6-16/h3-4H,5-8H2,1-2H3. The van der Waals surface area contributed by atoms with Crippen molar-refractivity contribution < 1.29 is 22.8 Å². The average molecular weight is 348 g/mol. The molecule has 1 aliphatic carbocycles. The van der Waals surface area contributed by atoms with Crippen molar-refractivity contribution >= 4 is 28.9 Å². The minimum atomic E-state index is -1.34. The number of benzene rings is 1. The van der Waals surface area contributed by atoms with E-state index >= 15 is 0 Å². The number of imide groups is 2. The van der Waals surface area contributed by atoms with Crippen LogP contribution in [-0.4, -0.2) is 45.9 Å². The smallest absolute Gasteiger partial charge is 0.285 e. The van der Waals surface area contributed by atoms with Gasteiger partial charge < -0.3 is 0 Å². The first-order valence-corrected chi connectivity index (χ1v) is 8.83. The zero-order valence-corrected chi connectivity index (χ0v) is 14.1. The SMILES string of the molecule is CN1C(=O)N(C)C(=O)C2(Cc3cc4c(cc3C2)CS(=O)OC4)C1=O. The van der Waals surface area contributed by atoms with Gasteiger partial charge in [-0.05, 0) is 35.1 Å². The van der Waals surface area contributed by atoms with Crippen molar-refractivity contribution in [1.29, 1.82) is 0 Å². The fourth-order valence-electron chi connectivity index (χ4n) is 3.83. The van der Waals surface area contributed by atoms with Gasteiger partial charge in [-0.3, -0.25) is 23.6 Å². The molecule has 2 heterocycles. The quantitative estimate of drug-likeness (QED) is 0.638. The number of amides is 4. The monoisotopic (exact) mass is 348 g/mol. The van der Waals surface area contributed by atoms with Crippen LogP contribution in [0.2, 0.25) is 0 Å². The zero-order valence-electron chi connectivity index (χ0n) is 13.3. The number of carbonyl (C=O) groups is 3. The Hall–Kier alpha value is -2.06. The molecule has 0 radical (unpaired) electrons. The Labute approximate surface area is 141 Å². The van der Waals surface area contributed by atoms with Crippen LogP contribution in [0.25, 0.3) is 0 Å². The Morgan fingerprint density at radius 3 is 2.08 bits per heavy atom. The van der Waals surface area contributed by atoms with Crippen molar-refractivity contribution in [2.24, 2.45) is 5.41 Å². The van der Waals surface area contributed by atoms with E-state index in [-0.39, 0.29) is 19.4 Å². The van der Waals surface area contributed by atoms with Gasteiger partial charge in [-0.2, -0.15) is 0 Å². The number of nitrogens with zero attached hydrogens (tertiary/aromatic N) is 2. The lowest BCUT2D eigenvalue weighted by Gasteiger charge is -2.39. The van der Waals surface area contributed by atoms with Gasteiger partial charge >= 0.3 is 6.03 Å². The van der Waals surface area contributed by atoms with Crippen LogP contribution < -0.4 is 0 Å². The van der Waals surface area contributed by atoms with Gasteiger partial charge in [-0.1, -0.05) is 12.1 Å². The summed E-state index contributed by atoms with van der Waals surface area (Å²) >= 11 is -1.34. The van der Waals surface area contributed by atoms with E-state index in [0.29, 0.717) is 5.75 Å². The second-order valence-electron chi connectivity index (χ2n) is 6.55. The normalized spacial score (nSPS) is 25.2. The van der Waals surface area contributed by atoms with Crippen molar-refractivity contribution in [2.45, 2.75) is 25.2 Å². The first kappa shape index (κ1) is 15.5. The second-order valence-corrected chi connectivity index (χ2v) is 7.68. The highest BCUT2D eigenvalue weighted by molar-refractivity contribution is 7.79. The lowest BCUT2D eigenvalue weighted by Crippen LogP contribution is -2.63. The van der Waals surface area contributed by atoms with E-state index in [0.717, 1.165) is 32.1 Å². The Bertz CT molecular complexity index is 810. The van der Waals surface area contributed by atoms with E-state index in [1.807, 2.05) is 12.1 Å². The Morgan fingerprint density at radius 2 is 1.50 bits per heavy atom. The molecule has 7 nitrogen and oxygen atoms in total. The lowest BCUT2D eigenvalue weighted by molar-refractivity contribution is -0.156. The molecule has 0 N–H and O–H groups in total. The molecule has 2 aliphatic heterocycles. The first-order valence-electron chi connectivity index (χ1n) is 7.59. The number of rotatable bonds is 0. The maximum Gasteiger partial charge on any atom is 0.332 e. The van der Waals surface area contributed by atoms with Crippen molar-refractivity contribution in [3.05, 3.63) is 34.4 Å². The van der Waals surface area contributed by atoms with Crippen molar-refractivity contribution in [3.63, 3.8) is 0 Å². The molecule has 1 saturated heterocycles. The number of carbonyl (C=O) groups excluding carboxylic acids is 3. The third-order valence-electron chi connectivity index (χ3n) is 5.13. The Balaban J connectivity index is 1.77. The molecule has 1 unspecified atom stereocenters. The van der Waals surface area contributed by atoms with Gasteiger partial charge in [0.15, 0.2) is 11.1 Å². The first-order chi connectivity index (χ1) is 11.3. The van der Waals surface area contributed by atoms with Crippen LogP contribution in [0.3, 0.4) is 0 Å². The second kappa shape index (κ2) is 4.97. The predicted octanol–water partition coefficient (Wildman–Crippen LogP) is 0.516. The molecule has 0 bridgehead atoms. The van der Waals surface area contributed by atoms with Crippen LogP contribution in [0.15, 0.2) is 12.1 Å². The van der Waals surface area contributed by atoms with E-state index in [9.17, 15) is 18.6 Å². The number of hydrogen-bond acceptors (Lipinski definition) is 5. The molecule has 24 heavy (non-hydrogen) atoms. The number of barbiturate groups is 1. The van der Waals surface area contributed by atoms with Gasteiger partial charge in [-0.25, -0.2) is 9.00 Å². The van der Waals surface area contributed by atoms with E-state index in [2.05, 4.69) is 0 Å². The summed E-state index contributed by atoms with van der Waals surface area (Å²) < 4.78 is 16.7. The molecule has 4 rings (SSSR count). The zero-order chi connectivity index (χ0) is 17.2. The van der Waals surface area contributed by atoms with Crippen LogP contribution in [0.5, 0.6) is 0 Å². The molecule has 1 atom stereocenters. The Kier molecular flexibility index (Phi) is 3.20. The fourth-order valence-corrected chi connectivity index (χ4v) is 4.70. The van der Waals surface area contributed by atoms with E-state index < -0.39 is 34.3 Å². The lowest BCUT2D eigenvalue weighted by atomic mass is 9.80. The van der Waals surface area contributed by atoms with Gasteiger partial charge in [0.25, 0.3) is 0 Å². The van der Waals surface area contributed by atoms with E-state index in [4.69, 9.17) is 4.18 Å². The third-order valence-corrected chi connectivity index (χ3v) is 6.05. The average Bonchev–Trinajstić information content (AvgIpc) is 2.94.